The Labute approximate surface area is 138 Å². The molecule has 2 aromatic rings. The van der Waals surface area contributed by atoms with Gasteiger partial charge < -0.3 is 15.1 Å². The highest BCUT2D eigenvalue weighted by atomic mass is 32.1. The van der Waals surface area contributed by atoms with Crippen molar-refractivity contribution in [2.45, 2.75) is 25.7 Å². The topological polar surface area (TPSA) is 71.3 Å². The van der Waals surface area contributed by atoms with Gasteiger partial charge in [-0.2, -0.15) is 0 Å². The molecule has 0 aliphatic heterocycles. The van der Waals surface area contributed by atoms with Crippen molar-refractivity contribution >= 4 is 34.2 Å². The van der Waals surface area contributed by atoms with Gasteiger partial charge in [0.05, 0.1) is 11.8 Å². The lowest BCUT2D eigenvalue weighted by Gasteiger charge is -2.12. The largest absolute Gasteiger partial charge is 0.465 e. The van der Waals surface area contributed by atoms with E-state index in [0.717, 1.165) is 31.2 Å². The van der Waals surface area contributed by atoms with Gasteiger partial charge in [0.15, 0.2) is 0 Å². The number of aryl methyl sites for hydroxylation is 1. The van der Waals surface area contributed by atoms with Gasteiger partial charge in [-0.15, -0.1) is 11.3 Å². The maximum absolute atomic E-state index is 12.2. The van der Waals surface area contributed by atoms with E-state index in [9.17, 15) is 9.59 Å². The Hall–Kier alpha value is -2.34. The van der Waals surface area contributed by atoms with E-state index in [2.05, 4.69) is 10.6 Å². The summed E-state index contributed by atoms with van der Waals surface area (Å²) in [5.74, 6) is 0.192. The lowest BCUT2D eigenvalue weighted by Crippen LogP contribution is -2.21. The van der Waals surface area contributed by atoms with E-state index in [1.54, 1.807) is 31.5 Å². The molecule has 0 fully saturated rings. The first-order valence-corrected chi connectivity index (χ1v) is 8.40. The number of thiophene rings is 1. The Balaban J connectivity index is 1.83. The molecule has 2 amide bonds. The van der Waals surface area contributed by atoms with Gasteiger partial charge in [-0.3, -0.25) is 9.59 Å². The molecule has 2 N–H and O–H groups in total. The van der Waals surface area contributed by atoms with Crippen LogP contribution in [0.1, 0.15) is 39.4 Å². The zero-order valence-electron chi connectivity index (χ0n) is 12.8. The number of anilines is 1. The molecule has 120 valence electrons. The fourth-order valence-electron chi connectivity index (χ4n) is 2.72. The first-order chi connectivity index (χ1) is 11.2. The highest BCUT2D eigenvalue weighted by Gasteiger charge is 2.25. The summed E-state index contributed by atoms with van der Waals surface area (Å²) in [4.78, 5) is 25.5. The van der Waals surface area contributed by atoms with Crippen molar-refractivity contribution in [2.75, 3.05) is 12.4 Å². The van der Waals surface area contributed by atoms with Gasteiger partial charge >= 0.3 is 0 Å². The van der Waals surface area contributed by atoms with Crippen molar-refractivity contribution in [3.8, 4) is 0 Å². The van der Waals surface area contributed by atoms with E-state index in [-0.39, 0.29) is 11.8 Å². The fourth-order valence-corrected chi connectivity index (χ4v) is 4.01. The van der Waals surface area contributed by atoms with Crippen LogP contribution in [0.4, 0.5) is 5.00 Å². The molecule has 0 atom stereocenters. The van der Waals surface area contributed by atoms with Crippen LogP contribution in [0, 0.1) is 0 Å². The average molecular weight is 330 g/mol. The van der Waals surface area contributed by atoms with Gasteiger partial charge in [0, 0.05) is 18.0 Å². The van der Waals surface area contributed by atoms with Crippen LogP contribution in [-0.4, -0.2) is 18.9 Å². The minimum atomic E-state index is -0.273. The van der Waals surface area contributed by atoms with Crippen molar-refractivity contribution in [1.29, 1.82) is 0 Å². The number of hydrogen-bond acceptors (Lipinski definition) is 4. The predicted octanol–water partition coefficient (Wildman–Crippen LogP) is 3.23. The Morgan fingerprint density at radius 1 is 1.30 bits per heavy atom. The highest BCUT2D eigenvalue weighted by molar-refractivity contribution is 7.17. The molecule has 0 radical (unpaired) electrons. The van der Waals surface area contributed by atoms with Gasteiger partial charge in [0.1, 0.15) is 10.8 Å². The highest BCUT2D eigenvalue weighted by Crippen LogP contribution is 2.38. The summed E-state index contributed by atoms with van der Waals surface area (Å²) in [6.07, 6.45) is 8.64. The second-order valence-corrected chi connectivity index (χ2v) is 6.44. The molecule has 2 heterocycles. The van der Waals surface area contributed by atoms with Crippen molar-refractivity contribution in [2.24, 2.45) is 0 Å². The summed E-state index contributed by atoms with van der Waals surface area (Å²) in [7, 11) is 1.61. The van der Waals surface area contributed by atoms with Crippen LogP contribution in [0.25, 0.3) is 6.08 Å². The lowest BCUT2D eigenvalue weighted by molar-refractivity contribution is -0.111. The molecule has 0 bridgehead atoms. The summed E-state index contributed by atoms with van der Waals surface area (Å²) in [6.45, 7) is 0. The zero-order valence-corrected chi connectivity index (χ0v) is 13.7. The van der Waals surface area contributed by atoms with E-state index >= 15 is 0 Å². The van der Waals surface area contributed by atoms with Crippen LogP contribution < -0.4 is 10.6 Å². The minimum absolute atomic E-state index is 0.144. The first kappa shape index (κ1) is 15.6. The first-order valence-electron chi connectivity index (χ1n) is 7.58. The van der Waals surface area contributed by atoms with Crippen molar-refractivity contribution in [1.82, 2.24) is 5.32 Å². The standard InChI is InChI=1S/C17H18N2O3S/c1-18-16(21)15-12-6-2-3-7-13(12)23-17(15)19-14(20)9-8-11-5-4-10-22-11/h4-5,8-10H,2-3,6-7H2,1H3,(H,18,21)(H,19,20). The molecule has 3 rings (SSSR count). The lowest BCUT2D eigenvalue weighted by atomic mass is 9.95. The predicted molar refractivity (Wildman–Crippen MR) is 90.7 cm³/mol. The fraction of sp³-hybridized carbons (Fsp3) is 0.294. The molecule has 0 spiro atoms. The monoisotopic (exact) mass is 330 g/mol. The molecule has 6 heteroatoms. The van der Waals surface area contributed by atoms with E-state index in [1.165, 1.54) is 22.3 Å². The second kappa shape index (κ2) is 6.83. The third-order valence-corrected chi connectivity index (χ3v) is 5.01. The van der Waals surface area contributed by atoms with Gasteiger partial charge in [0.25, 0.3) is 5.91 Å². The van der Waals surface area contributed by atoms with Crippen LogP contribution in [0.2, 0.25) is 0 Å². The van der Waals surface area contributed by atoms with Crippen LogP contribution in [0.5, 0.6) is 0 Å². The van der Waals surface area contributed by atoms with Gasteiger partial charge in [0.2, 0.25) is 5.91 Å². The SMILES string of the molecule is CNC(=O)c1c(NC(=O)C=Cc2ccco2)sc2c1CCCC2. The minimum Gasteiger partial charge on any atom is -0.465 e. The van der Waals surface area contributed by atoms with Crippen molar-refractivity contribution in [3.63, 3.8) is 0 Å². The maximum Gasteiger partial charge on any atom is 0.254 e. The number of fused-ring (bicyclic) bond motifs is 1. The second-order valence-electron chi connectivity index (χ2n) is 5.33. The molecule has 0 saturated carbocycles. The van der Waals surface area contributed by atoms with Crippen LogP contribution in [-0.2, 0) is 17.6 Å². The van der Waals surface area contributed by atoms with Crippen molar-refractivity contribution < 1.29 is 14.0 Å². The maximum atomic E-state index is 12.2. The molecule has 2 aromatic heterocycles. The molecule has 23 heavy (non-hydrogen) atoms. The van der Waals surface area contributed by atoms with Crippen LogP contribution >= 0.6 is 11.3 Å². The van der Waals surface area contributed by atoms with Gasteiger partial charge in [-0.1, -0.05) is 0 Å². The molecule has 1 aliphatic carbocycles. The van der Waals surface area contributed by atoms with E-state index in [0.29, 0.717) is 16.3 Å². The molecule has 5 nitrogen and oxygen atoms in total. The number of nitrogens with one attached hydrogen (secondary N) is 2. The van der Waals surface area contributed by atoms with E-state index < -0.39 is 0 Å². The number of carbonyl (C=O) groups is 2. The Bertz CT molecular complexity index is 744. The smallest absolute Gasteiger partial charge is 0.254 e. The van der Waals surface area contributed by atoms with Crippen LogP contribution in [0.15, 0.2) is 28.9 Å². The van der Waals surface area contributed by atoms with Crippen molar-refractivity contribution in [3.05, 3.63) is 46.2 Å². The Morgan fingerprint density at radius 3 is 2.87 bits per heavy atom. The summed E-state index contributed by atoms with van der Waals surface area (Å²) >= 11 is 1.51. The third-order valence-electron chi connectivity index (χ3n) is 3.80. The Kier molecular flexibility index (Phi) is 4.62. The molecule has 0 unspecified atom stereocenters. The number of carbonyl (C=O) groups excluding carboxylic acids is 2. The normalized spacial score (nSPS) is 13.8. The third kappa shape index (κ3) is 3.37. The van der Waals surface area contributed by atoms with Gasteiger partial charge in [-0.25, -0.2) is 0 Å². The summed E-state index contributed by atoms with van der Waals surface area (Å²) in [5.41, 5.74) is 1.71. The average Bonchev–Trinajstić information content (AvgIpc) is 3.19. The van der Waals surface area contributed by atoms with Crippen LogP contribution in [0.3, 0.4) is 0 Å². The molecular weight excluding hydrogens is 312 g/mol. The number of amides is 2. The van der Waals surface area contributed by atoms with Gasteiger partial charge in [-0.05, 0) is 49.5 Å². The molecule has 1 aliphatic rings. The van der Waals surface area contributed by atoms with E-state index in [1.807, 2.05) is 0 Å². The summed E-state index contributed by atoms with van der Waals surface area (Å²) in [5, 5.41) is 6.13. The molecular formula is C17H18N2O3S. The summed E-state index contributed by atoms with van der Waals surface area (Å²) < 4.78 is 5.15. The van der Waals surface area contributed by atoms with E-state index in [4.69, 9.17) is 4.42 Å². The number of rotatable bonds is 4. The Morgan fingerprint density at radius 2 is 2.13 bits per heavy atom. The zero-order chi connectivity index (χ0) is 16.2. The quantitative estimate of drug-likeness (QED) is 0.846. The number of hydrogen-bond donors (Lipinski definition) is 2. The summed E-state index contributed by atoms with van der Waals surface area (Å²) in [6, 6.07) is 3.53. The number of furan rings is 1. The molecule has 0 saturated heterocycles. The molecule has 0 aromatic carbocycles.